The highest BCUT2D eigenvalue weighted by Gasteiger charge is 2.10. The maximum atomic E-state index is 11.8. The molecule has 1 aromatic carbocycles. The predicted octanol–water partition coefficient (Wildman–Crippen LogP) is 2.66. The molecule has 0 saturated carbocycles. The van der Waals surface area contributed by atoms with Crippen molar-refractivity contribution < 1.29 is 0 Å². The van der Waals surface area contributed by atoms with E-state index in [1.165, 1.54) is 0 Å². The van der Waals surface area contributed by atoms with E-state index in [4.69, 9.17) is 0 Å². The van der Waals surface area contributed by atoms with Crippen LogP contribution in [0, 0.1) is 0 Å². The topological polar surface area (TPSA) is 34.9 Å². The molecule has 0 N–H and O–H groups in total. The monoisotopic (exact) mass is 242 g/mol. The molecule has 3 aromatic rings. The first-order valence-electron chi connectivity index (χ1n) is 5.27. The molecule has 0 unspecified atom stereocenters. The minimum Gasteiger partial charge on any atom is -0.286 e. The second-order valence-electron chi connectivity index (χ2n) is 3.81. The van der Waals surface area contributed by atoms with Crippen LogP contribution in [0.5, 0.6) is 0 Å². The van der Waals surface area contributed by atoms with Gasteiger partial charge >= 0.3 is 5.69 Å². The number of hydrogen-bond donors (Lipinski definition) is 0. The Kier molecular flexibility index (Phi) is 2.30. The first kappa shape index (κ1) is 10.2. The number of fused-ring (bicyclic) bond motifs is 1. The number of rotatable bonds is 1. The quantitative estimate of drug-likeness (QED) is 0.657. The fourth-order valence-electron chi connectivity index (χ4n) is 1.88. The standard InChI is InChI=1S/C13H10N2OS/c1-15-12-10(7-8-17-12)11(14-13(15)16)9-5-3-2-4-6-9/h2-8H,1H3. The summed E-state index contributed by atoms with van der Waals surface area (Å²) in [5.41, 5.74) is 1.54. The molecule has 0 atom stereocenters. The number of thiophene rings is 1. The van der Waals surface area contributed by atoms with Gasteiger partial charge in [-0.25, -0.2) is 4.79 Å². The molecule has 0 aliphatic rings. The van der Waals surface area contributed by atoms with E-state index in [2.05, 4.69) is 4.98 Å². The third-order valence-electron chi connectivity index (χ3n) is 2.75. The molecule has 0 aliphatic carbocycles. The van der Waals surface area contributed by atoms with Crippen LogP contribution in [0.15, 0.2) is 46.6 Å². The smallest absolute Gasteiger partial charge is 0.286 e. The molecule has 17 heavy (non-hydrogen) atoms. The van der Waals surface area contributed by atoms with Crippen LogP contribution >= 0.6 is 11.3 Å². The normalized spacial score (nSPS) is 10.9. The Morgan fingerprint density at radius 3 is 2.71 bits per heavy atom. The van der Waals surface area contributed by atoms with Crippen molar-refractivity contribution in [3.8, 4) is 11.3 Å². The van der Waals surface area contributed by atoms with Crippen LogP contribution in [-0.4, -0.2) is 9.55 Å². The third kappa shape index (κ3) is 1.57. The maximum Gasteiger partial charge on any atom is 0.348 e. The molecule has 4 heteroatoms. The van der Waals surface area contributed by atoms with E-state index in [1.807, 2.05) is 41.8 Å². The molecular formula is C13H10N2OS. The minimum absolute atomic E-state index is 0.209. The van der Waals surface area contributed by atoms with E-state index in [0.29, 0.717) is 0 Å². The zero-order valence-electron chi connectivity index (χ0n) is 9.25. The van der Waals surface area contributed by atoms with Crippen LogP contribution in [-0.2, 0) is 7.05 Å². The Balaban J connectivity index is 2.42. The highest BCUT2D eigenvalue weighted by atomic mass is 32.1. The van der Waals surface area contributed by atoms with Crippen LogP contribution in [0.1, 0.15) is 0 Å². The number of aromatic nitrogens is 2. The first-order valence-corrected chi connectivity index (χ1v) is 6.15. The lowest BCUT2D eigenvalue weighted by Crippen LogP contribution is -2.20. The van der Waals surface area contributed by atoms with Gasteiger partial charge in [0.1, 0.15) is 4.83 Å². The largest absolute Gasteiger partial charge is 0.348 e. The van der Waals surface area contributed by atoms with Gasteiger partial charge in [0.15, 0.2) is 0 Å². The van der Waals surface area contributed by atoms with Gasteiger partial charge in [0.2, 0.25) is 0 Å². The second-order valence-corrected chi connectivity index (χ2v) is 4.70. The lowest BCUT2D eigenvalue weighted by molar-refractivity contribution is 0.862. The molecule has 0 radical (unpaired) electrons. The minimum atomic E-state index is -0.209. The average Bonchev–Trinajstić information content (AvgIpc) is 2.84. The van der Waals surface area contributed by atoms with Crippen molar-refractivity contribution in [3.63, 3.8) is 0 Å². The summed E-state index contributed by atoms with van der Waals surface area (Å²) < 4.78 is 1.59. The van der Waals surface area contributed by atoms with Gasteiger partial charge in [0, 0.05) is 18.0 Å². The highest BCUT2D eigenvalue weighted by molar-refractivity contribution is 7.16. The molecule has 0 spiro atoms. The van der Waals surface area contributed by atoms with Crippen molar-refractivity contribution >= 4 is 21.6 Å². The highest BCUT2D eigenvalue weighted by Crippen LogP contribution is 2.27. The van der Waals surface area contributed by atoms with Gasteiger partial charge in [0.05, 0.1) is 5.69 Å². The second kappa shape index (κ2) is 3.82. The molecule has 0 saturated heterocycles. The summed E-state index contributed by atoms with van der Waals surface area (Å²) >= 11 is 1.56. The van der Waals surface area contributed by atoms with Gasteiger partial charge in [-0.05, 0) is 11.4 Å². The van der Waals surface area contributed by atoms with Crippen molar-refractivity contribution in [2.75, 3.05) is 0 Å². The average molecular weight is 242 g/mol. The van der Waals surface area contributed by atoms with E-state index in [1.54, 1.807) is 23.0 Å². The maximum absolute atomic E-state index is 11.8. The molecule has 2 heterocycles. The Labute approximate surface area is 102 Å². The molecule has 84 valence electrons. The fourth-order valence-corrected chi connectivity index (χ4v) is 2.74. The van der Waals surface area contributed by atoms with E-state index in [-0.39, 0.29) is 5.69 Å². The van der Waals surface area contributed by atoms with Crippen molar-refractivity contribution in [2.45, 2.75) is 0 Å². The Morgan fingerprint density at radius 1 is 1.18 bits per heavy atom. The van der Waals surface area contributed by atoms with Crippen molar-refractivity contribution in [3.05, 3.63) is 52.3 Å². The summed E-state index contributed by atoms with van der Waals surface area (Å²) in [4.78, 5) is 16.9. The van der Waals surface area contributed by atoms with Crippen LogP contribution in [0.2, 0.25) is 0 Å². The van der Waals surface area contributed by atoms with Crippen LogP contribution in [0.4, 0.5) is 0 Å². The van der Waals surface area contributed by atoms with Gasteiger partial charge in [-0.2, -0.15) is 4.98 Å². The van der Waals surface area contributed by atoms with Gasteiger partial charge in [0.25, 0.3) is 0 Å². The molecule has 3 rings (SSSR count). The van der Waals surface area contributed by atoms with Crippen molar-refractivity contribution in [2.24, 2.45) is 7.05 Å². The summed E-state index contributed by atoms with van der Waals surface area (Å²) in [6.45, 7) is 0. The summed E-state index contributed by atoms with van der Waals surface area (Å²) in [7, 11) is 1.75. The lowest BCUT2D eigenvalue weighted by Gasteiger charge is -2.04. The van der Waals surface area contributed by atoms with Crippen molar-refractivity contribution in [1.29, 1.82) is 0 Å². The Hall–Kier alpha value is -1.94. The summed E-state index contributed by atoms with van der Waals surface area (Å²) in [6, 6.07) is 11.8. The molecule has 2 aromatic heterocycles. The van der Waals surface area contributed by atoms with E-state index >= 15 is 0 Å². The number of aryl methyl sites for hydroxylation is 1. The zero-order valence-corrected chi connectivity index (χ0v) is 10.1. The molecule has 0 bridgehead atoms. The van der Waals surface area contributed by atoms with Crippen molar-refractivity contribution in [1.82, 2.24) is 9.55 Å². The Morgan fingerprint density at radius 2 is 1.94 bits per heavy atom. The number of hydrogen-bond acceptors (Lipinski definition) is 3. The molecule has 0 fully saturated rings. The first-order chi connectivity index (χ1) is 8.27. The zero-order chi connectivity index (χ0) is 11.8. The molecular weight excluding hydrogens is 232 g/mol. The molecule has 0 amide bonds. The van der Waals surface area contributed by atoms with E-state index in [9.17, 15) is 4.79 Å². The summed E-state index contributed by atoms with van der Waals surface area (Å²) in [5, 5.41) is 3.02. The third-order valence-corrected chi connectivity index (χ3v) is 3.74. The van der Waals surface area contributed by atoms with Crippen LogP contribution in [0.25, 0.3) is 21.5 Å². The predicted molar refractivity (Wildman–Crippen MR) is 70.3 cm³/mol. The van der Waals surface area contributed by atoms with Gasteiger partial charge in [-0.1, -0.05) is 30.3 Å². The van der Waals surface area contributed by atoms with Gasteiger partial charge < -0.3 is 0 Å². The SMILES string of the molecule is Cn1c(=O)nc(-c2ccccc2)c2ccsc21. The molecule has 3 nitrogen and oxygen atoms in total. The number of benzene rings is 1. The lowest BCUT2D eigenvalue weighted by atomic mass is 10.1. The number of nitrogens with zero attached hydrogens (tertiary/aromatic N) is 2. The summed E-state index contributed by atoms with van der Waals surface area (Å²) in [6.07, 6.45) is 0. The van der Waals surface area contributed by atoms with Crippen LogP contribution in [0.3, 0.4) is 0 Å². The molecule has 0 aliphatic heterocycles. The fraction of sp³-hybridized carbons (Fsp3) is 0.0769. The Bertz CT molecular complexity index is 728. The van der Waals surface area contributed by atoms with E-state index in [0.717, 1.165) is 21.5 Å². The van der Waals surface area contributed by atoms with Gasteiger partial charge in [-0.15, -0.1) is 11.3 Å². The van der Waals surface area contributed by atoms with E-state index < -0.39 is 0 Å². The van der Waals surface area contributed by atoms with Gasteiger partial charge in [-0.3, -0.25) is 4.57 Å². The van der Waals surface area contributed by atoms with Crippen LogP contribution < -0.4 is 5.69 Å². The summed E-state index contributed by atoms with van der Waals surface area (Å²) in [5.74, 6) is 0.